The van der Waals surface area contributed by atoms with Crippen LogP contribution in [0.2, 0.25) is 0 Å². The summed E-state index contributed by atoms with van der Waals surface area (Å²) in [5, 5.41) is 5.21. The van der Waals surface area contributed by atoms with Crippen LogP contribution in [0.4, 0.5) is 16.0 Å². The van der Waals surface area contributed by atoms with Crippen LogP contribution in [0.5, 0.6) is 0 Å². The van der Waals surface area contributed by atoms with Crippen LogP contribution in [0, 0.1) is 5.82 Å². The summed E-state index contributed by atoms with van der Waals surface area (Å²) in [5.41, 5.74) is 0.636. The van der Waals surface area contributed by atoms with Gasteiger partial charge in [-0.1, -0.05) is 0 Å². The third-order valence-electron chi connectivity index (χ3n) is 4.78. The average molecular weight is 368 g/mol. The molecule has 0 N–H and O–H groups in total. The minimum absolute atomic E-state index is 0.0148. The Morgan fingerprint density at radius 2 is 1.74 bits per heavy atom. The van der Waals surface area contributed by atoms with E-state index in [-0.39, 0.29) is 17.4 Å². The Morgan fingerprint density at radius 1 is 1.00 bits per heavy atom. The number of hydrogen-bond donors (Lipinski definition) is 0. The highest BCUT2D eigenvalue weighted by Crippen LogP contribution is 2.25. The van der Waals surface area contributed by atoms with Crippen molar-refractivity contribution >= 4 is 22.5 Å². The van der Waals surface area contributed by atoms with Crippen molar-refractivity contribution in [2.75, 3.05) is 36.0 Å². The lowest BCUT2D eigenvalue weighted by Crippen LogP contribution is -2.47. The molecule has 140 valence electrons. The number of piperazine rings is 1. The van der Waals surface area contributed by atoms with Crippen molar-refractivity contribution in [3.05, 3.63) is 52.8 Å². The number of aromatic nitrogens is 4. The first-order valence-corrected chi connectivity index (χ1v) is 9.03. The van der Waals surface area contributed by atoms with Crippen LogP contribution in [-0.4, -0.2) is 45.9 Å². The standard InChI is InChI=1S/C19H21FN6O/c1-13(2)26-18(27)6-5-17(23-26)24-7-9-25(10-8-24)19-15-11-14(20)3-4-16(15)21-12-22-19/h3-6,11-13H,7-10H2,1-2H3. The highest BCUT2D eigenvalue weighted by atomic mass is 19.1. The molecular weight excluding hydrogens is 347 g/mol. The normalized spacial score (nSPS) is 15.0. The molecule has 0 bridgehead atoms. The highest BCUT2D eigenvalue weighted by molar-refractivity contribution is 5.89. The van der Waals surface area contributed by atoms with Crippen molar-refractivity contribution in [1.29, 1.82) is 0 Å². The van der Waals surface area contributed by atoms with Crippen molar-refractivity contribution in [1.82, 2.24) is 19.7 Å². The van der Waals surface area contributed by atoms with Crippen LogP contribution in [-0.2, 0) is 0 Å². The summed E-state index contributed by atoms with van der Waals surface area (Å²) in [7, 11) is 0. The molecule has 0 amide bonds. The second-order valence-corrected chi connectivity index (χ2v) is 6.90. The smallest absolute Gasteiger partial charge is 0.267 e. The molecular formula is C19H21FN6O. The van der Waals surface area contributed by atoms with Gasteiger partial charge in [0.05, 0.1) is 11.6 Å². The number of benzene rings is 1. The summed E-state index contributed by atoms with van der Waals surface area (Å²) in [5.74, 6) is 1.25. The third-order valence-corrected chi connectivity index (χ3v) is 4.78. The van der Waals surface area contributed by atoms with E-state index in [9.17, 15) is 9.18 Å². The van der Waals surface area contributed by atoms with E-state index in [1.54, 1.807) is 18.2 Å². The minimum atomic E-state index is -0.294. The predicted molar refractivity (Wildman–Crippen MR) is 103 cm³/mol. The number of halogens is 1. The topological polar surface area (TPSA) is 67.2 Å². The Hall–Kier alpha value is -3.03. The number of anilines is 2. The first kappa shape index (κ1) is 17.4. The second kappa shape index (κ2) is 6.94. The SMILES string of the molecule is CC(C)n1nc(N2CCN(c3ncnc4ccc(F)cc34)CC2)ccc1=O. The summed E-state index contributed by atoms with van der Waals surface area (Å²) in [6, 6.07) is 7.91. The zero-order chi connectivity index (χ0) is 19.0. The predicted octanol–water partition coefficient (Wildman–Crippen LogP) is 2.23. The maximum absolute atomic E-state index is 13.7. The molecule has 2 aromatic heterocycles. The van der Waals surface area contributed by atoms with Gasteiger partial charge in [-0.15, -0.1) is 0 Å². The molecule has 0 aliphatic carbocycles. The summed E-state index contributed by atoms with van der Waals surface area (Å²) in [6.07, 6.45) is 1.52. The van der Waals surface area contributed by atoms with E-state index in [0.29, 0.717) is 0 Å². The molecule has 3 aromatic rings. The quantitative estimate of drug-likeness (QED) is 0.706. The van der Waals surface area contributed by atoms with Gasteiger partial charge in [-0.25, -0.2) is 19.0 Å². The third kappa shape index (κ3) is 3.34. The Kier molecular flexibility index (Phi) is 4.47. The molecule has 1 aliphatic rings. The Bertz CT molecular complexity index is 1030. The van der Waals surface area contributed by atoms with Crippen molar-refractivity contribution in [3.63, 3.8) is 0 Å². The molecule has 3 heterocycles. The summed E-state index contributed by atoms with van der Waals surface area (Å²) < 4.78 is 15.2. The van der Waals surface area contributed by atoms with Gasteiger partial charge in [0.25, 0.3) is 5.56 Å². The largest absolute Gasteiger partial charge is 0.352 e. The molecule has 1 aromatic carbocycles. The van der Waals surface area contributed by atoms with E-state index in [1.165, 1.54) is 23.1 Å². The summed E-state index contributed by atoms with van der Waals surface area (Å²) >= 11 is 0. The molecule has 0 unspecified atom stereocenters. The lowest BCUT2D eigenvalue weighted by molar-refractivity contribution is 0.497. The Balaban J connectivity index is 1.56. The summed E-state index contributed by atoms with van der Waals surface area (Å²) in [6.45, 7) is 6.81. The molecule has 8 heteroatoms. The van der Waals surface area contributed by atoms with Gasteiger partial charge in [0.2, 0.25) is 0 Å². The van der Waals surface area contributed by atoms with E-state index in [2.05, 4.69) is 24.9 Å². The lowest BCUT2D eigenvalue weighted by Gasteiger charge is -2.36. The first-order chi connectivity index (χ1) is 13.0. The van der Waals surface area contributed by atoms with Crippen LogP contribution >= 0.6 is 0 Å². The van der Waals surface area contributed by atoms with Crippen LogP contribution in [0.25, 0.3) is 10.9 Å². The molecule has 0 atom stereocenters. The fraction of sp³-hybridized carbons (Fsp3) is 0.368. The molecule has 1 saturated heterocycles. The lowest BCUT2D eigenvalue weighted by atomic mass is 10.2. The van der Waals surface area contributed by atoms with Crippen LogP contribution < -0.4 is 15.4 Å². The Labute approximate surface area is 156 Å². The van der Waals surface area contributed by atoms with Crippen LogP contribution in [0.15, 0.2) is 41.5 Å². The maximum atomic E-state index is 13.7. The van der Waals surface area contributed by atoms with Crippen molar-refractivity contribution in [3.8, 4) is 0 Å². The summed E-state index contributed by atoms with van der Waals surface area (Å²) in [4.78, 5) is 24.8. The van der Waals surface area contributed by atoms with Gasteiger partial charge >= 0.3 is 0 Å². The second-order valence-electron chi connectivity index (χ2n) is 6.90. The van der Waals surface area contributed by atoms with E-state index in [4.69, 9.17) is 0 Å². The van der Waals surface area contributed by atoms with Gasteiger partial charge < -0.3 is 9.80 Å². The van der Waals surface area contributed by atoms with Gasteiger partial charge in [-0.3, -0.25) is 4.79 Å². The van der Waals surface area contributed by atoms with Crippen molar-refractivity contribution < 1.29 is 4.39 Å². The molecule has 1 fully saturated rings. The molecule has 0 spiro atoms. The first-order valence-electron chi connectivity index (χ1n) is 9.03. The zero-order valence-corrected chi connectivity index (χ0v) is 15.3. The van der Waals surface area contributed by atoms with Gasteiger partial charge in [0, 0.05) is 37.6 Å². The number of hydrogen-bond acceptors (Lipinski definition) is 6. The zero-order valence-electron chi connectivity index (χ0n) is 15.3. The number of nitrogens with zero attached hydrogens (tertiary/aromatic N) is 6. The van der Waals surface area contributed by atoms with E-state index in [0.717, 1.165) is 48.7 Å². The molecule has 0 radical (unpaired) electrons. The van der Waals surface area contributed by atoms with E-state index in [1.807, 2.05) is 13.8 Å². The molecule has 7 nitrogen and oxygen atoms in total. The average Bonchev–Trinajstić information content (AvgIpc) is 2.68. The van der Waals surface area contributed by atoms with Crippen molar-refractivity contribution in [2.45, 2.75) is 19.9 Å². The van der Waals surface area contributed by atoms with E-state index >= 15 is 0 Å². The van der Waals surface area contributed by atoms with Gasteiger partial charge in [0.15, 0.2) is 0 Å². The number of rotatable bonds is 3. The molecule has 27 heavy (non-hydrogen) atoms. The van der Waals surface area contributed by atoms with E-state index < -0.39 is 0 Å². The Morgan fingerprint density at radius 3 is 2.48 bits per heavy atom. The fourth-order valence-electron chi connectivity index (χ4n) is 3.37. The van der Waals surface area contributed by atoms with Gasteiger partial charge in [-0.05, 0) is 38.1 Å². The fourth-order valence-corrected chi connectivity index (χ4v) is 3.37. The van der Waals surface area contributed by atoms with Crippen LogP contribution in [0.3, 0.4) is 0 Å². The minimum Gasteiger partial charge on any atom is -0.352 e. The maximum Gasteiger partial charge on any atom is 0.267 e. The highest BCUT2D eigenvalue weighted by Gasteiger charge is 2.21. The van der Waals surface area contributed by atoms with Crippen LogP contribution in [0.1, 0.15) is 19.9 Å². The molecule has 1 aliphatic heterocycles. The van der Waals surface area contributed by atoms with Gasteiger partial charge in [0.1, 0.15) is 23.8 Å². The molecule has 4 rings (SSSR count). The molecule has 0 saturated carbocycles. The van der Waals surface area contributed by atoms with Gasteiger partial charge in [-0.2, -0.15) is 5.10 Å². The van der Waals surface area contributed by atoms with Crippen molar-refractivity contribution in [2.24, 2.45) is 0 Å². The number of fused-ring (bicyclic) bond motifs is 1. The monoisotopic (exact) mass is 368 g/mol.